The number of nitrogens with one attached hydrogen (secondary N) is 1. The van der Waals surface area contributed by atoms with Crippen LogP contribution in [-0.4, -0.2) is 37.6 Å². The SMILES string of the molecule is CCOC(CNc1ccc(OC(F)F)cn1)OCC. The zero-order chi connectivity index (χ0) is 14.1. The highest BCUT2D eigenvalue weighted by atomic mass is 19.3. The number of hydrogen-bond acceptors (Lipinski definition) is 5. The Morgan fingerprint density at radius 3 is 2.37 bits per heavy atom. The largest absolute Gasteiger partial charge is 0.433 e. The lowest BCUT2D eigenvalue weighted by Crippen LogP contribution is -2.26. The van der Waals surface area contributed by atoms with Crippen molar-refractivity contribution in [1.29, 1.82) is 0 Å². The average Bonchev–Trinajstić information content (AvgIpc) is 2.37. The average molecular weight is 276 g/mol. The molecule has 19 heavy (non-hydrogen) atoms. The molecule has 1 aromatic heterocycles. The van der Waals surface area contributed by atoms with Gasteiger partial charge in [-0.05, 0) is 26.0 Å². The molecule has 108 valence electrons. The highest BCUT2D eigenvalue weighted by Gasteiger charge is 2.08. The molecule has 0 saturated heterocycles. The van der Waals surface area contributed by atoms with Crippen molar-refractivity contribution in [3.05, 3.63) is 18.3 Å². The summed E-state index contributed by atoms with van der Waals surface area (Å²) in [4.78, 5) is 3.94. The van der Waals surface area contributed by atoms with Crippen molar-refractivity contribution in [2.45, 2.75) is 26.7 Å². The molecule has 0 radical (unpaired) electrons. The number of halogens is 2. The fourth-order valence-electron chi connectivity index (χ4n) is 1.38. The standard InChI is InChI=1S/C12H18F2N2O3/c1-3-17-11(18-4-2)8-16-10-6-5-9(7-15-10)19-12(13)14/h5-7,11-12H,3-4,8H2,1-2H3,(H,15,16). The van der Waals surface area contributed by atoms with Crippen LogP contribution in [0.25, 0.3) is 0 Å². The van der Waals surface area contributed by atoms with Crippen LogP contribution in [0.4, 0.5) is 14.6 Å². The molecule has 1 aromatic rings. The first kappa shape index (κ1) is 15.6. The summed E-state index contributed by atoms with van der Waals surface area (Å²) in [5.74, 6) is 0.553. The van der Waals surface area contributed by atoms with E-state index in [0.717, 1.165) is 0 Å². The number of rotatable bonds is 9. The molecule has 1 N–H and O–H groups in total. The molecule has 1 rings (SSSR count). The number of pyridine rings is 1. The monoisotopic (exact) mass is 276 g/mol. The second kappa shape index (κ2) is 8.60. The van der Waals surface area contributed by atoms with E-state index in [1.807, 2.05) is 13.8 Å². The van der Waals surface area contributed by atoms with Crippen LogP contribution in [0.2, 0.25) is 0 Å². The van der Waals surface area contributed by atoms with Crippen LogP contribution in [0.1, 0.15) is 13.8 Å². The van der Waals surface area contributed by atoms with Crippen LogP contribution in [0.5, 0.6) is 5.75 Å². The van der Waals surface area contributed by atoms with Crippen LogP contribution in [0, 0.1) is 0 Å². The smallest absolute Gasteiger partial charge is 0.387 e. The van der Waals surface area contributed by atoms with Gasteiger partial charge in [-0.25, -0.2) is 4.98 Å². The van der Waals surface area contributed by atoms with E-state index in [1.54, 1.807) is 6.07 Å². The van der Waals surface area contributed by atoms with Crippen molar-refractivity contribution >= 4 is 5.82 Å². The number of hydrogen-bond donors (Lipinski definition) is 1. The first-order chi connectivity index (χ1) is 9.15. The summed E-state index contributed by atoms with van der Waals surface area (Å²) in [6.07, 6.45) is 0.860. The van der Waals surface area contributed by atoms with Gasteiger partial charge in [-0.2, -0.15) is 8.78 Å². The van der Waals surface area contributed by atoms with Crippen LogP contribution >= 0.6 is 0 Å². The molecule has 0 amide bonds. The molecule has 0 bridgehead atoms. The third-order valence-corrected chi connectivity index (χ3v) is 2.12. The molecule has 0 atom stereocenters. The van der Waals surface area contributed by atoms with Gasteiger partial charge in [-0.3, -0.25) is 0 Å². The van der Waals surface area contributed by atoms with Crippen molar-refractivity contribution in [3.8, 4) is 5.75 Å². The minimum Gasteiger partial charge on any atom is -0.433 e. The van der Waals surface area contributed by atoms with Gasteiger partial charge in [-0.15, -0.1) is 0 Å². The third-order valence-electron chi connectivity index (χ3n) is 2.12. The Bertz CT molecular complexity index is 343. The molecule has 0 aliphatic heterocycles. The van der Waals surface area contributed by atoms with E-state index >= 15 is 0 Å². The van der Waals surface area contributed by atoms with E-state index in [2.05, 4.69) is 15.0 Å². The van der Waals surface area contributed by atoms with Gasteiger partial charge in [0.15, 0.2) is 6.29 Å². The first-order valence-electron chi connectivity index (χ1n) is 6.03. The van der Waals surface area contributed by atoms with Crippen LogP contribution < -0.4 is 10.1 Å². The maximum Gasteiger partial charge on any atom is 0.387 e. The Morgan fingerprint density at radius 1 is 1.21 bits per heavy atom. The summed E-state index contributed by atoms with van der Waals surface area (Å²) in [5.41, 5.74) is 0. The van der Waals surface area contributed by atoms with E-state index in [9.17, 15) is 8.78 Å². The minimum absolute atomic E-state index is 0.0201. The molecule has 0 spiro atoms. The Balaban J connectivity index is 2.43. The zero-order valence-corrected chi connectivity index (χ0v) is 10.9. The topological polar surface area (TPSA) is 52.6 Å². The number of nitrogens with zero attached hydrogens (tertiary/aromatic N) is 1. The Hall–Kier alpha value is -1.47. The van der Waals surface area contributed by atoms with Gasteiger partial charge in [0.25, 0.3) is 0 Å². The van der Waals surface area contributed by atoms with E-state index in [4.69, 9.17) is 9.47 Å². The molecule has 0 aromatic carbocycles. The number of ether oxygens (including phenoxy) is 3. The molecular weight excluding hydrogens is 258 g/mol. The van der Waals surface area contributed by atoms with Gasteiger partial charge >= 0.3 is 6.61 Å². The Morgan fingerprint density at radius 2 is 1.89 bits per heavy atom. The third kappa shape index (κ3) is 6.30. The highest BCUT2D eigenvalue weighted by molar-refractivity contribution is 5.37. The van der Waals surface area contributed by atoms with Crippen LogP contribution in [-0.2, 0) is 9.47 Å². The van der Waals surface area contributed by atoms with Gasteiger partial charge in [0, 0.05) is 13.2 Å². The normalized spacial score (nSPS) is 11.1. The number of anilines is 1. The van der Waals surface area contributed by atoms with Gasteiger partial charge < -0.3 is 19.5 Å². The predicted octanol–water partition coefficient (Wildman–Crippen LogP) is 2.49. The second-order valence-corrected chi connectivity index (χ2v) is 3.48. The lowest BCUT2D eigenvalue weighted by atomic mass is 10.4. The summed E-state index contributed by atoms with van der Waals surface area (Å²) in [7, 11) is 0. The van der Waals surface area contributed by atoms with E-state index in [0.29, 0.717) is 25.6 Å². The first-order valence-corrected chi connectivity index (χ1v) is 6.03. The number of alkyl halides is 2. The summed E-state index contributed by atoms with van der Waals surface area (Å²) in [6.45, 7) is 2.41. The van der Waals surface area contributed by atoms with E-state index < -0.39 is 6.61 Å². The van der Waals surface area contributed by atoms with Gasteiger partial charge in [0.05, 0.1) is 12.7 Å². The molecular formula is C12H18F2N2O3. The molecule has 0 aliphatic carbocycles. The zero-order valence-electron chi connectivity index (χ0n) is 10.9. The molecule has 0 aliphatic rings. The van der Waals surface area contributed by atoms with Crippen LogP contribution in [0.3, 0.4) is 0 Å². The predicted molar refractivity (Wildman–Crippen MR) is 66.4 cm³/mol. The van der Waals surface area contributed by atoms with E-state index in [-0.39, 0.29) is 12.0 Å². The van der Waals surface area contributed by atoms with Gasteiger partial charge in [0.1, 0.15) is 11.6 Å². The van der Waals surface area contributed by atoms with Crippen molar-refractivity contribution in [3.63, 3.8) is 0 Å². The maximum atomic E-state index is 11.9. The van der Waals surface area contributed by atoms with Crippen molar-refractivity contribution in [2.24, 2.45) is 0 Å². The summed E-state index contributed by atoms with van der Waals surface area (Å²) in [5, 5.41) is 2.99. The highest BCUT2D eigenvalue weighted by Crippen LogP contribution is 2.14. The Kier molecular flexibility index (Phi) is 7.06. The molecule has 7 heteroatoms. The van der Waals surface area contributed by atoms with Gasteiger partial charge in [-0.1, -0.05) is 0 Å². The minimum atomic E-state index is -2.85. The van der Waals surface area contributed by atoms with Crippen LogP contribution in [0.15, 0.2) is 18.3 Å². The Labute approximate surface area is 110 Å². The summed E-state index contributed by atoms with van der Waals surface area (Å²) in [6, 6.07) is 2.96. The molecule has 1 heterocycles. The van der Waals surface area contributed by atoms with Crippen molar-refractivity contribution < 1.29 is 23.0 Å². The molecule has 0 unspecified atom stereocenters. The quantitative estimate of drug-likeness (QED) is 0.702. The van der Waals surface area contributed by atoms with Crippen molar-refractivity contribution in [1.82, 2.24) is 4.98 Å². The summed E-state index contributed by atoms with van der Waals surface area (Å²) < 4.78 is 38.8. The maximum absolute atomic E-state index is 11.9. The van der Waals surface area contributed by atoms with E-state index in [1.165, 1.54) is 12.3 Å². The molecule has 5 nitrogen and oxygen atoms in total. The summed E-state index contributed by atoms with van der Waals surface area (Å²) >= 11 is 0. The lowest BCUT2D eigenvalue weighted by Gasteiger charge is -2.17. The fourth-order valence-corrected chi connectivity index (χ4v) is 1.38. The lowest BCUT2D eigenvalue weighted by molar-refractivity contribution is -0.126. The van der Waals surface area contributed by atoms with Crippen molar-refractivity contribution in [2.75, 3.05) is 25.1 Å². The fraction of sp³-hybridized carbons (Fsp3) is 0.583. The second-order valence-electron chi connectivity index (χ2n) is 3.48. The molecule has 0 fully saturated rings. The molecule has 0 saturated carbocycles. The number of aromatic nitrogens is 1. The van der Waals surface area contributed by atoms with Gasteiger partial charge in [0.2, 0.25) is 0 Å².